The van der Waals surface area contributed by atoms with E-state index in [4.69, 9.17) is 5.11 Å². The lowest BCUT2D eigenvalue weighted by molar-refractivity contribution is -0.480. The number of allylic oxidation sites excluding steroid dienone is 2. The predicted octanol–water partition coefficient (Wildman–Crippen LogP) is 5.37. The molecule has 0 fully saturated rings. The fraction of sp³-hybridized carbons (Fsp3) is 0.833. The highest BCUT2D eigenvalue weighted by Gasteiger charge is 1.97. The largest absolute Gasteiger partial charge is 0.481 e. The zero-order valence-electron chi connectivity index (χ0n) is 14.4. The molecule has 134 valence electrons. The topological polar surface area (TPSA) is 80.4 Å². The Hall–Kier alpha value is -1.39. The Morgan fingerprint density at radius 3 is 1.70 bits per heavy atom. The Morgan fingerprint density at radius 1 is 0.783 bits per heavy atom. The van der Waals surface area contributed by atoms with Gasteiger partial charge in [-0.1, -0.05) is 50.7 Å². The van der Waals surface area contributed by atoms with E-state index in [1.807, 2.05) is 0 Å². The smallest absolute Gasteiger partial charge is 0.303 e. The lowest BCUT2D eigenvalue weighted by atomic mass is 10.1. The summed E-state index contributed by atoms with van der Waals surface area (Å²) in [5, 5.41) is 18.7. The van der Waals surface area contributed by atoms with Gasteiger partial charge in [-0.25, -0.2) is 0 Å². The van der Waals surface area contributed by atoms with Crippen LogP contribution in [-0.2, 0) is 4.79 Å². The van der Waals surface area contributed by atoms with Crippen LogP contribution in [0.3, 0.4) is 0 Å². The highest BCUT2D eigenvalue weighted by molar-refractivity contribution is 5.66. The Kier molecular flexibility index (Phi) is 15.9. The number of aliphatic carboxylic acids is 1. The molecule has 0 aromatic carbocycles. The van der Waals surface area contributed by atoms with Crippen LogP contribution in [0.5, 0.6) is 0 Å². The minimum Gasteiger partial charge on any atom is -0.481 e. The van der Waals surface area contributed by atoms with Gasteiger partial charge in [0.2, 0.25) is 6.54 Å². The van der Waals surface area contributed by atoms with Crippen LogP contribution < -0.4 is 0 Å². The molecule has 1 N–H and O–H groups in total. The van der Waals surface area contributed by atoms with Crippen LogP contribution in [0, 0.1) is 10.1 Å². The summed E-state index contributed by atoms with van der Waals surface area (Å²) in [6, 6.07) is 0. The highest BCUT2D eigenvalue weighted by atomic mass is 16.6. The second-order valence-electron chi connectivity index (χ2n) is 6.14. The fourth-order valence-electron chi connectivity index (χ4n) is 2.51. The van der Waals surface area contributed by atoms with Gasteiger partial charge in [0.1, 0.15) is 0 Å². The van der Waals surface area contributed by atoms with E-state index in [9.17, 15) is 14.9 Å². The summed E-state index contributed by atoms with van der Waals surface area (Å²) >= 11 is 0. The molecule has 0 aliphatic carbocycles. The third-order valence-corrected chi connectivity index (χ3v) is 3.89. The summed E-state index contributed by atoms with van der Waals surface area (Å²) in [7, 11) is 0. The Balaban J connectivity index is 3.10. The number of hydrogen-bond acceptors (Lipinski definition) is 3. The van der Waals surface area contributed by atoms with Gasteiger partial charge in [0.05, 0.1) is 0 Å². The minimum absolute atomic E-state index is 0.118. The third kappa shape index (κ3) is 20.6. The van der Waals surface area contributed by atoms with Gasteiger partial charge in [-0.2, -0.15) is 0 Å². The van der Waals surface area contributed by atoms with Crippen LogP contribution >= 0.6 is 0 Å². The average Bonchev–Trinajstić information content (AvgIpc) is 2.49. The second kappa shape index (κ2) is 17.0. The molecule has 0 unspecified atom stereocenters. The first kappa shape index (κ1) is 21.6. The van der Waals surface area contributed by atoms with E-state index in [0.717, 1.165) is 44.9 Å². The predicted molar refractivity (Wildman–Crippen MR) is 93.3 cm³/mol. The number of carbonyl (C=O) groups is 1. The number of rotatable bonds is 17. The Bertz CT molecular complexity index is 329. The van der Waals surface area contributed by atoms with Gasteiger partial charge in [0.15, 0.2) is 0 Å². The van der Waals surface area contributed by atoms with Crippen molar-refractivity contribution in [2.45, 2.75) is 89.9 Å². The molecule has 0 aliphatic rings. The van der Waals surface area contributed by atoms with Gasteiger partial charge >= 0.3 is 5.97 Å². The van der Waals surface area contributed by atoms with Crippen LogP contribution in [-0.4, -0.2) is 22.5 Å². The molecule has 0 amide bonds. The Morgan fingerprint density at radius 2 is 1.22 bits per heavy atom. The van der Waals surface area contributed by atoms with Gasteiger partial charge in [0, 0.05) is 17.8 Å². The van der Waals surface area contributed by atoms with Crippen LogP contribution in [0.1, 0.15) is 89.9 Å². The normalized spacial score (nSPS) is 11.1. The van der Waals surface area contributed by atoms with Crippen LogP contribution in [0.2, 0.25) is 0 Å². The maximum absolute atomic E-state index is 10.3. The van der Waals surface area contributed by atoms with Gasteiger partial charge < -0.3 is 5.11 Å². The summed E-state index contributed by atoms with van der Waals surface area (Å²) in [6.07, 6.45) is 18.8. The second-order valence-corrected chi connectivity index (χ2v) is 6.14. The standard InChI is InChI=1S/C18H33NO4/c20-18(21)16-14-12-10-8-6-4-2-1-3-5-7-9-11-13-15-17-19(22)23/h6,8H,1-5,7,9-17H2,(H,20,21)/b8-6-. The van der Waals surface area contributed by atoms with E-state index in [-0.39, 0.29) is 17.9 Å². The summed E-state index contributed by atoms with van der Waals surface area (Å²) in [6.45, 7) is 0.118. The van der Waals surface area contributed by atoms with Crippen molar-refractivity contribution in [1.29, 1.82) is 0 Å². The fourth-order valence-corrected chi connectivity index (χ4v) is 2.51. The lowest BCUT2D eigenvalue weighted by Crippen LogP contribution is -1.99. The number of nitro groups is 1. The molecule has 0 aliphatic heterocycles. The van der Waals surface area contributed by atoms with Crippen molar-refractivity contribution in [3.05, 3.63) is 22.3 Å². The maximum Gasteiger partial charge on any atom is 0.303 e. The molecule has 23 heavy (non-hydrogen) atoms. The van der Waals surface area contributed by atoms with E-state index in [2.05, 4.69) is 12.2 Å². The quantitative estimate of drug-likeness (QED) is 0.169. The molecule has 0 radical (unpaired) electrons. The number of unbranched alkanes of at least 4 members (excludes halogenated alkanes) is 11. The molecule has 0 atom stereocenters. The number of nitrogens with zero attached hydrogens (tertiary/aromatic N) is 1. The van der Waals surface area contributed by atoms with Crippen LogP contribution in [0.4, 0.5) is 0 Å². The summed E-state index contributed by atoms with van der Waals surface area (Å²) < 4.78 is 0. The molecule has 5 nitrogen and oxygen atoms in total. The summed E-state index contributed by atoms with van der Waals surface area (Å²) in [4.78, 5) is 20.2. The molecule has 0 bridgehead atoms. The highest BCUT2D eigenvalue weighted by Crippen LogP contribution is 2.11. The molecule has 0 aromatic heterocycles. The van der Waals surface area contributed by atoms with Crippen molar-refractivity contribution >= 4 is 5.97 Å². The minimum atomic E-state index is -0.703. The average molecular weight is 327 g/mol. The zero-order chi connectivity index (χ0) is 17.2. The first-order valence-electron chi connectivity index (χ1n) is 9.11. The van der Waals surface area contributed by atoms with Crippen molar-refractivity contribution in [2.24, 2.45) is 0 Å². The molecule has 0 heterocycles. The number of carboxylic acid groups (broad SMARTS) is 1. The maximum atomic E-state index is 10.3. The molecule has 0 spiro atoms. The first-order valence-corrected chi connectivity index (χ1v) is 9.11. The van der Waals surface area contributed by atoms with Gasteiger partial charge in [-0.15, -0.1) is 0 Å². The van der Waals surface area contributed by atoms with Crippen molar-refractivity contribution in [3.63, 3.8) is 0 Å². The molecular formula is C18H33NO4. The zero-order valence-corrected chi connectivity index (χ0v) is 14.4. The van der Waals surface area contributed by atoms with Crippen molar-refractivity contribution in [3.8, 4) is 0 Å². The SMILES string of the molecule is O=C(O)CCCC/C=C\CCCCCCCCCCC[N+](=O)[O-]. The van der Waals surface area contributed by atoms with Gasteiger partial charge in [0.25, 0.3) is 0 Å². The third-order valence-electron chi connectivity index (χ3n) is 3.89. The molecule has 0 saturated heterocycles. The van der Waals surface area contributed by atoms with E-state index in [1.165, 1.54) is 38.5 Å². The Labute approximate surface area is 140 Å². The first-order chi connectivity index (χ1) is 11.1. The van der Waals surface area contributed by atoms with Crippen molar-refractivity contribution in [2.75, 3.05) is 6.54 Å². The monoisotopic (exact) mass is 327 g/mol. The van der Waals surface area contributed by atoms with Crippen LogP contribution in [0.25, 0.3) is 0 Å². The molecule has 0 aromatic rings. The molecular weight excluding hydrogens is 294 g/mol. The van der Waals surface area contributed by atoms with Gasteiger partial charge in [-0.05, 0) is 38.5 Å². The molecule has 5 heteroatoms. The summed E-state index contributed by atoms with van der Waals surface area (Å²) in [5.41, 5.74) is 0. The molecule has 0 rings (SSSR count). The van der Waals surface area contributed by atoms with Crippen molar-refractivity contribution in [1.82, 2.24) is 0 Å². The lowest BCUT2D eigenvalue weighted by Gasteiger charge is -2.01. The van der Waals surface area contributed by atoms with E-state index < -0.39 is 5.97 Å². The van der Waals surface area contributed by atoms with Gasteiger partial charge in [-0.3, -0.25) is 14.9 Å². The van der Waals surface area contributed by atoms with Crippen molar-refractivity contribution < 1.29 is 14.8 Å². The molecule has 0 saturated carbocycles. The number of hydrogen-bond donors (Lipinski definition) is 1. The number of carboxylic acids is 1. The van der Waals surface area contributed by atoms with E-state index in [0.29, 0.717) is 0 Å². The van der Waals surface area contributed by atoms with E-state index >= 15 is 0 Å². The van der Waals surface area contributed by atoms with Crippen LogP contribution in [0.15, 0.2) is 12.2 Å². The summed E-state index contributed by atoms with van der Waals surface area (Å²) in [5.74, 6) is -0.703. The van der Waals surface area contributed by atoms with E-state index in [1.54, 1.807) is 0 Å².